The molecule has 1 saturated carbocycles. The number of hydrogen-bond donors (Lipinski definition) is 2. The Balaban J connectivity index is 1.99. The molecular formula is C16H22Cl2N2O. The zero-order valence-electron chi connectivity index (χ0n) is 12.3. The summed E-state index contributed by atoms with van der Waals surface area (Å²) in [7, 11) is 0. The summed E-state index contributed by atoms with van der Waals surface area (Å²) in [6, 6.07) is 5.38. The van der Waals surface area contributed by atoms with Crippen LogP contribution in [0.1, 0.15) is 38.2 Å². The molecule has 0 heterocycles. The number of hydrogen-bond acceptors (Lipinski definition) is 2. The Labute approximate surface area is 136 Å². The van der Waals surface area contributed by atoms with Crippen LogP contribution in [0.25, 0.3) is 0 Å². The lowest BCUT2D eigenvalue weighted by molar-refractivity contribution is -0.126. The van der Waals surface area contributed by atoms with Crippen LogP contribution in [-0.2, 0) is 11.2 Å². The fraction of sp³-hybridized carbons (Fsp3) is 0.562. The lowest BCUT2D eigenvalue weighted by Crippen LogP contribution is -2.53. The third-order valence-corrected chi connectivity index (χ3v) is 4.92. The van der Waals surface area contributed by atoms with Crippen molar-refractivity contribution in [1.29, 1.82) is 0 Å². The number of nitrogens with two attached hydrogens (primary N) is 1. The van der Waals surface area contributed by atoms with E-state index in [4.69, 9.17) is 28.9 Å². The number of benzene rings is 1. The minimum atomic E-state index is -0.199. The molecule has 1 aliphatic carbocycles. The minimum absolute atomic E-state index is 0.0494. The van der Waals surface area contributed by atoms with Gasteiger partial charge in [0.05, 0.1) is 5.54 Å². The molecule has 0 aliphatic heterocycles. The molecule has 1 aliphatic rings. The highest BCUT2D eigenvalue weighted by Gasteiger charge is 2.34. The van der Waals surface area contributed by atoms with Gasteiger partial charge in [0.15, 0.2) is 0 Å². The van der Waals surface area contributed by atoms with Gasteiger partial charge in [0, 0.05) is 22.5 Å². The SMILES string of the molecule is CC(Cc1ccc(Cl)cc1Cl)C(=O)NC1(CN)CCCC1. The van der Waals surface area contributed by atoms with Crippen LogP contribution >= 0.6 is 23.2 Å². The number of rotatable bonds is 5. The molecule has 3 nitrogen and oxygen atoms in total. The molecule has 116 valence electrons. The van der Waals surface area contributed by atoms with Gasteiger partial charge in [-0.1, -0.05) is 49.0 Å². The average molecular weight is 329 g/mol. The van der Waals surface area contributed by atoms with E-state index in [0.717, 1.165) is 31.2 Å². The van der Waals surface area contributed by atoms with Crippen LogP contribution in [0.5, 0.6) is 0 Å². The summed E-state index contributed by atoms with van der Waals surface area (Å²) < 4.78 is 0. The molecule has 3 N–H and O–H groups in total. The van der Waals surface area contributed by atoms with Crippen LogP contribution in [0, 0.1) is 5.92 Å². The van der Waals surface area contributed by atoms with Gasteiger partial charge in [-0.05, 0) is 37.0 Å². The van der Waals surface area contributed by atoms with E-state index in [0.29, 0.717) is 23.0 Å². The summed E-state index contributed by atoms with van der Waals surface area (Å²) in [5.41, 5.74) is 6.60. The first-order chi connectivity index (χ1) is 9.96. The Morgan fingerprint density at radius 3 is 2.62 bits per heavy atom. The van der Waals surface area contributed by atoms with E-state index >= 15 is 0 Å². The standard InChI is InChI=1S/C16H22Cl2N2O/c1-11(8-12-4-5-13(17)9-14(12)18)15(21)20-16(10-19)6-2-3-7-16/h4-5,9,11H,2-3,6-8,10,19H2,1H3,(H,20,21). The topological polar surface area (TPSA) is 55.1 Å². The molecule has 1 aromatic rings. The number of carbonyl (C=O) groups is 1. The van der Waals surface area contributed by atoms with E-state index in [1.165, 1.54) is 0 Å². The Hall–Kier alpha value is -0.770. The molecule has 0 saturated heterocycles. The predicted molar refractivity (Wildman–Crippen MR) is 87.7 cm³/mol. The van der Waals surface area contributed by atoms with Crippen molar-refractivity contribution in [2.45, 2.75) is 44.6 Å². The number of halogens is 2. The van der Waals surface area contributed by atoms with E-state index in [2.05, 4.69) is 5.32 Å². The second kappa shape index (κ2) is 6.99. The Bertz CT molecular complexity index is 513. The summed E-state index contributed by atoms with van der Waals surface area (Å²) in [5, 5.41) is 4.37. The van der Waals surface area contributed by atoms with Gasteiger partial charge in [-0.15, -0.1) is 0 Å². The number of amides is 1. The number of nitrogens with one attached hydrogen (secondary N) is 1. The summed E-state index contributed by atoms with van der Waals surface area (Å²) in [5.74, 6) is -0.0962. The van der Waals surface area contributed by atoms with E-state index in [9.17, 15) is 4.79 Å². The van der Waals surface area contributed by atoms with Crippen molar-refractivity contribution in [3.05, 3.63) is 33.8 Å². The van der Waals surface area contributed by atoms with Gasteiger partial charge in [0.2, 0.25) is 5.91 Å². The molecule has 1 fully saturated rings. The van der Waals surface area contributed by atoms with Gasteiger partial charge >= 0.3 is 0 Å². The molecular weight excluding hydrogens is 307 g/mol. The van der Waals surface area contributed by atoms with Gasteiger partial charge in [-0.25, -0.2) is 0 Å². The van der Waals surface area contributed by atoms with Crippen molar-refractivity contribution in [2.75, 3.05) is 6.54 Å². The summed E-state index contributed by atoms with van der Waals surface area (Å²) in [6.07, 6.45) is 4.82. The van der Waals surface area contributed by atoms with Crippen molar-refractivity contribution in [1.82, 2.24) is 5.32 Å². The molecule has 21 heavy (non-hydrogen) atoms. The first-order valence-electron chi connectivity index (χ1n) is 7.42. The molecule has 1 aromatic carbocycles. The maximum atomic E-state index is 12.4. The molecule has 2 rings (SSSR count). The summed E-state index contributed by atoms with van der Waals surface area (Å²) >= 11 is 12.1. The molecule has 5 heteroatoms. The molecule has 1 amide bonds. The van der Waals surface area contributed by atoms with Crippen LogP contribution in [-0.4, -0.2) is 18.0 Å². The molecule has 1 unspecified atom stereocenters. The van der Waals surface area contributed by atoms with Gasteiger partial charge in [-0.3, -0.25) is 4.79 Å². The van der Waals surface area contributed by atoms with Crippen LogP contribution < -0.4 is 11.1 Å². The zero-order chi connectivity index (χ0) is 15.5. The van der Waals surface area contributed by atoms with Gasteiger partial charge in [0.25, 0.3) is 0 Å². The fourth-order valence-electron chi connectivity index (χ4n) is 2.93. The van der Waals surface area contributed by atoms with E-state index in [-0.39, 0.29) is 17.4 Å². The van der Waals surface area contributed by atoms with Crippen LogP contribution in [0.4, 0.5) is 0 Å². The monoisotopic (exact) mass is 328 g/mol. The third-order valence-electron chi connectivity index (χ3n) is 4.33. The minimum Gasteiger partial charge on any atom is -0.349 e. The van der Waals surface area contributed by atoms with Crippen LogP contribution in [0.15, 0.2) is 18.2 Å². The van der Waals surface area contributed by atoms with Gasteiger partial charge < -0.3 is 11.1 Å². The highest BCUT2D eigenvalue weighted by atomic mass is 35.5. The van der Waals surface area contributed by atoms with Crippen molar-refractivity contribution >= 4 is 29.1 Å². The fourth-order valence-corrected chi connectivity index (χ4v) is 3.41. The second-order valence-electron chi connectivity index (χ2n) is 6.02. The van der Waals surface area contributed by atoms with Crippen molar-refractivity contribution in [2.24, 2.45) is 11.7 Å². The normalized spacial score (nSPS) is 18.5. The first kappa shape index (κ1) is 16.6. The highest BCUT2D eigenvalue weighted by Crippen LogP contribution is 2.29. The van der Waals surface area contributed by atoms with Crippen LogP contribution in [0.2, 0.25) is 10.0 Å². The molecule has 0 spiro atoms. The lowest BCUT2D eigenvalue weighted by atomic mass is 9.94. The maximum Gasteiger partial charge on any atom is 0.223 e. The Morgan fingerprint density at radius 2 is 2.05 bits per heavy atom. The quantitative estimate of drug-likeness (QED) is 0.868. The van der Waals surface area contributed by atoms with Crippen molar-refractivity contribution in [3.63, 3.8) is 0 Å². The largest absolute Gasteiger partial charge is 0.349 e. The predicted octanol–water partition coefficient (Wildman–Crippen LogP) is 3.56. The molecule has 0 aromatic heterocycles. The lowest BCUT2D eigenvalue weighted by Gasteiger charge is -2.30. The Kier molecular flexibility index (Phi) is 5.53. The Morgan fingerprint density at radius 1 is 1.38 bits per heavy atom. The zero-order valence-corrected chi connectivity index (χ0v) is 13.8. The third kappa shape index (κ3) is 4.12. The molecule has 0 radical (unpaired) electrons. The number of carbonyl (C=O) groups excluding carboxylic acids is 1. The smallest absolute Gasteiger partial charge is 0.223 e. The van der Waals surface area contributed by atoms with Gasteiger partial charge in [-0.2, -0.15) is 0 Å². The first-order valence-corrected chi connectivity index (χ1v) is 8.17. The molecule has 0 bridgehead atoms. The second-order valence-corrected chi connectivity index (χ2v) is 6.87. The highest BCUT2D eigenvalue weighted by molar-refractivity contribution is 6.35. The molecule has 1 atom stereocenters. The average Bonchev–Trinajstić information content (AvgIpc) is 2.91. The van der Waals surface area contributed by atoms with E-state index in [1.807, 2.05) is 13.0 Å². The van der Waals surface area contributed by atoms with E-state index < -0.39 is 0 Å². The summed E-state index contributed by atoms with van der Waals surface area (Å²) in [4.78, 5) is 12.4. The summed E-state index contributed by atoms with van der Waals surface area (Å²) in [6.45, 7) is 2.42. The van der Waals surface area contributed by atoms with Crippen LogP contribution in [0.3, 0.4) is 0 Å². The van der Waals surface area contributed by atoms with Crippen molar-refractivity contribution < 1.29 is 4.79 Å². The van der Waals surface area contributed by atoms with Crippen molar-refractivity contribution in [3.8, 4) is 0 Å². The van der Waals surface area contributed by atoms with E-state index in [1.54, 1.807) is 12.1 Å². The van der Waals surface area contributed by atoms with Gasteiger partial charge in [0.1, 0.15) is 0 Å². The maximum absolute atomic E-state index is 12.4.